The second-order valence-corrected chi connectivity index (χ2v) is 5.91. The van der Waals surface area contributed by atoms with Crippen molar-refractivity contribution >= 4 is 33.0 Å². The minimum atomic E-state index is -0.250. The molecule has 5 heteroatoms. The Morgan fingerprint density at radius 3 is 3.19 bits per heavy atom. The molecular formula is C11H14BrNO2S. The van der Waals surface area contributed by atoms with E-state index < -0.39 is 0 Å². The van der Waals surface area contributed by atoms with Gasteiger partial charge in [0.25, 0.3) is 0 Å². The zero-order valence-corrected chi connectivity index (χ0v) is 11.5. The number of carbonyl (C=O) groups excluding carboxylic acids is 1. The highest BCUT2D eigenvalue weighted by Crippen LogP contribution is 2.21. The van der Waals surface area contributed by atoms with E-state index in [-0.39, 0.29) is 11.9 Å². The first-order chi connectivity index (χ1) is 7.65. The highest BCUT2D eigenvalue weighted by Gasteiger charge is 2.24. The van der Waals surface area contributed by atoms with Gasteiger partial charge in [-0.05, 0) is 29.0 Å². The molecule has 0 amide bonds. The van der Waals surface area contributed by atoms with Gasteiger partial charge in [0.15, 0.2) is 5.78 Å². The summed E-state index contributed by atoms with van der Waals surface area (Å²) in [6.07, 6.45) is 0.231. The van der Waals surface area contributed by atoms with Gasteiger partial charge in [-0.1, -0.05) is 0 Å². The highest BCUT2D eigenvalue weighted by molar-refractivity contribution is 9.10. The molecule has 1 aliphatic rings. The lowest BCUT2D eigenvalue weighted by Crippen LogP contribution is -2.44. The quantitative estimate of drug-likeness (QED) is 0.855. The third-order valence-electron chi connectivity index (χ3n) is 2.60. The number of ether oxygens (including phenoxy) is 1. The molecule has 1 aromatic heterocycles. The number of morpholine rings is 1. The number of halogens is 1. The molecule has 88 valence electrons. The van der Waals surface area contributed by atoms with Crippen LogP contribution in [-0.2, 0) is 16.0 Å². The van der Waals surface area contributed by atoms with Crippen molar-refractivity contribution in [3.63, 3.8) is 0 Å². The van der Waals surface area contributed by atoms with Gasteiger partial charge in [-0.15, -0.1) is 11.3 Å². The molecular weight excluding hydrogens is 290 g/mol. The molecule has 1 atom stereocenters. The van der Waals surface area contributed by atoms with Crippen molar-refractivity contribution in [3.8, 4) is 0 Å². The third-order valence-corrected chi connectivity index (χ3v) is 4.30. The van der Waals surface area contributed by atoms with Gasteiger partial charge >= 0.3 is 0 Å². The first-order valence-corrected chi connectivity index (χ1v) is 6.88. The first-order valence-electron chi connectivity index (χ1n) is 5.21. The second kappa shape index (κ2) is 5.40. The maximum atomic E-state index is 12.0. The van der Waals surface area contributed by atoms with E-state index in [4.69, 9.17) is 4.74 Å². The van der Waals surface area contributed by atoms with Gasteiger partial charge in [-0.25, -0.2) is 0 Å². The molecule has 0 spiro atoms. The van der Waals surface area contributed by atoms with E-state index in [1.165, 1.54) is 0 Å². The summed E-state index contributed by atoms with van der Waals surface area (Å²) in [6, 6.07) is 2.00. The molecule has 0 aliphatic carbocycles. The second-order valence-electron chi connectivity index (χ2n) is 4.00. The van der Waals surface area contributed by atoms with Crippen molar-refractivity contribution in [1.29, 1.82) is 0 Å². The highest BCUT2D eigenvalue weighted by atomic mass is 79.9. The Balaban J connectivity index is 1.92. The van der Waals surface area contributed by atoms with Gasteiger partial charge < -0.3 is 9.64 Å². The number of hydrogen-bond donors (Lipinski definition) is 0. The predicted molar refractivity (Wildman–Crippen MR) is 68.0 cm³/mol. The summed E-state index contributed by atoms with van der Waals surface area (Å²) >= 11 is 4.99. The number of carbonyl (C=O) groups is 1. The summed E-state index contributed by atoms with van der Waals surface area (Å²) in [4.78, 5) is 15.2. The summed E-state index contributed by atoms with van der Waals surface area (Å²) in [6.45, 7) is 2.28. The molecule has 0 bridgehead atoms. The molecule has 0 radical (unpaired) electrons. The monoisotopic (exact) mass is 303 g/mol. The summed E-state index contributed by atoms with van der Waals surface area (Å²) in [5.74, 6) is 0.181. The number of Topliss-reactive ketones (excluding diaryl/α,β-unsaturated/α-hetero) is 1. The van der Waals surface area contributed by atoms with Crippen LogP contribution in [0.25, 0.3) is 0 Å². The lowest BCUT2D eigenvalue weighted by Gasteiger charge is -2.28. The van der Waals surface area contributed by atoms with Crippen molar-refractivity contribution < 1.29 is 9.53 Å². The molecule has 3 nitrogen and oxygen atoms in total. The SMILES string of the molecule is CN1CCOC(C(=O)Cc2cc(Br)cs2)C1. The van der Waals surface area contributed by atoms with Crippen LogP contribution in [0, 0.1) is 0 Å². The summed E-state index contributed by atoms with van der Waals surface area (Å²) < 4.78 is 6.53. The van der Waals surface area contributed by atoms with E-state index in [9.17, 15) is 4.79 Å². The minimum absolute atomic E-state index is 0.181. The van der Waals surface area contributed by atoms with Crippen LogP contribution >= 0.6 is 27.3 Å². The van der Waals surface area contributed by atoms with Crippen LogP contribution in [0.4, 0.5) is 0 Å². The Hall–Kier alpha value is -0.230. The van der Waals surface area contributed by atoms with Crippen molar-refractivity contribution in [2.24, 2.45) is 0 Å². The largest absolute Gasteiger partial charge is 0.368 e. The summed E-state index contributed by atoms with van der Waals surface area (Å²) in [5, 5.41) is 2.00. The number of nitrogens with zero attached hydrogens (tertiary/aromatic N) is 1. The number of hydrogen-bond acceptors (Lipinski definition) is 4. The molecule has 0 aromatic carbocycles. The maximum Gasteiger partial charge on any atom is 0.168 e. The van der Waals surface area contributed by atoms with E-state index in [2.05, 4.69) is 20.8 Å². The van der Waals surface area contributed by atoms with E-state index in [1.54, 1.807) is 11.3 Å². The smallest absolute Gasteiger partial charge is 0.168 e. The fourth-order valence-corrected chi connectivity index (χ4v) is 3.17. The topological polar surface area (TPSA) is 29.5 Å². The van der Waals surface area contributed by atoms with Crippen molar-refractivity contribution in [1.82, 2.24) is 4.90 Å². The van der Waals surface area contributed by atoms with Crippen LogP contribution in [0.2, 0.25) is 0 Å². The maximum absolute atomic E-state index is 12.0. The normalized spacial score (nSPS) is 22.2. The third kappa shape index (κ3) is 3.13. The van der Waals surface area contributed by atoms with Crippen LogP contribution in [0.3, 0.4) is 0 Å². The van der Waals surface area contributed by atoms with Crippen molar-refractivity contribution in [2.75, 3.05) is 26.7 Å². The molecule has 2 heterocycles. The van der Waals surface area contributed by atoms with E-state index in [1.807, 2.05) is 18.5 Å². The van der Waals surface area contributed by atoms with E-state index in [0.717, 1.165) is 15.9 Å². The lowest BCUT2D eigenvalue weighted by atomic mass is 10.1. The summed E-state index contributed by atoms with van der Waals surface area (Å²) in [5.41, 5.74) is 0. The number of thiophene rings is 1. The molecule has 2 rings (SSSR count). The van der Waals surface area contributed by atoms with Crippen LogP contribution < -0.4 is 0 Å². The van der Waals surface area contributed by atoms with Gasteiger partial charge in [-0.2, -0.15) is 0 Å². The average Bonchev–Trinajstić information content (AvgIpc) is 2.64. The Morgan fingerprint density at radius 2 is 2.56 bits per heavy atom. The molecule has 1 saturated heterocycles. The molecule has 1 aromatic rings. The average molecular weight is 304 g/mol. The molecule has 0 saturated carbocycles. The Labute approximate surface area is 108 Å². The fraction of sp³-hybridized carbons (Fsp3) is 0.545. The standard InChI is InChI=1S/C11H14BrNO2S/c1-13-2-3-15-11(6-13)10(14)5-9-4-8(12)7-16-9/h4,7,11H,2-3,5-6H2,1H3. The predicted octanol–water partition coefficient (Wildman–Crippen LogP) is 1.95. The van der Waals surface area contributed by atoms with Crippen LogP contribution in [0.15, 0.2) is 15.9 Å². The first kappa shape index (κ1) is 12.2. The van der Waals surface area contributed by atoms with E-state index >= 15 is 0 Å². The van der Waals surface area contributed by atoms with Crippen molar-refractivity contribution in [3.05, 3.63) is 20.8 Å². The number of ketones is 1. The Bertz CT molecular complexity index is 380. The molecule has 1 aliphatic heterocycles. The summed E-state index contributed by atoms with van der Waals surface area (Å²) in [7, 11) is 2.02. The molecule has 1 fully saturated rings. The fourth-order valence-electron chi connectivity index (χ4n) is 1.70. The van der Waals surface area contributed by atoms with Gasteiger partial charge in [-0.3, -0.25) is 4.79 Å². The van der Waals surface area contributed by atoms with Crippen LogP contribution in [-0.4, -0.2) is 43.5 Å². The Morgan fingerprint density at radius 1 is 1.75 bits per heavy atom. The zero-order valence-electron chi connectivity index (χ0n) is 9.11. The number of likely N-dealkylation sites (N-methyl/N-ethyl adjacent to an activating group) is 1. The van der Waals surface area contributed by atoms with Gasteiger partial charge in [0.05, 0.1) is 6.61 Å². The van der Waals surface area contributed by atoms with E-state index in [0.29, 0.717) is 19.6 Å². The van der Waals surface area contributed by atoms with Gasteiger partial charge in [0.2, 0.25) is 0 Å². The minimum Gasteiger partial charge on any atom is -0.368 e. The molecule has 16 heavy (non-hydrogen) atoms. The van der Waals surface area contributed by atoms with Crippen molar-refractivity contribution in [2.45, 2.75) is 12.5 Å². The Kier molecular flexibility index (Phi) is 4.13. The zero-order chi connectivity index (χ0) is 11.5. The van der Waals surface area contributed by atoms with Crippen LogP contribution in [0.5, 0.6) is 0 Å². The van der Waals surface area contributed by atoms with Gasteiger partial charge in [0, 0.05) is 34.2 Å². The van der Waals surface area contributed by atoms with Crippen LogP contribution in [0.1, 0.15) is 4.88 Å². The molecule has 0 N–H and O–H groups in total. The lowest BCUT2D eigenvalue weighted by molar-refractivity contribution is -0.134. The molecule has 1 unspecified atom stereocenters. The van der Waals surface area contributed by atoms with Gasteiger partial charge in [0.1, 0.15) is 6.10 Å². The number of rotatable bonds is 3.